The van der Waals surface area contributed by atoms with Crippen LogP contribution in [0, 0.1) is 0 Å². The van der Waals surface area contributed by atoms with Crippen LogP contribution in [0.5, 0.6) is 0 Å². The Kier molecular flexibility index (Phi) is 5.86. The summed E-state index contributed by atoms with van der Waals surface area (Å²) < 4.78 is 0. The molecule has 112 valence electrons. The minimum Gasteiger partial charge on any atom is -0.393 e. The topological polar surface area (TPSA) is 26.7 Å². The first-order valence-corrected chi connectivity index (χ1v) is 7.85. The van der Waals surface area contributed by atoms with Gasteiger partial charge in [0.2, 0.25) is 0 Å². The van der Waals surface area contributed by atoms with Crippen LogP contribution in [-0.2, 0) is 0 Å². The number of anilines is 1. The largest absolute Gasteiger partial charge is 0.393 e. The summed E-state index contributed by atoms with van der Waals surface area (Å²) in [6, 6.07) is 11.2. The number of benzene rings is 1. The van der Waals surface area contributed by atoms with E-state index in [0.29, 0.717) is 6.04 Å². The fourth-order valence-electron chi connectivity index (χ4n) is 2.88. The Morgan fingerprint density at radius 1 is 1.05 bits per heavy atom. The molecule has 3 nitrogen and oxygen atoms in total. The van der Waals surface area contributed by atoms with Gasteiger partial charge in [0.15, 0.2) is 0 Å². The minimum absolute atomic E-state index is 0.0452. The van der Waals surface area contributed by atoms with E-state index >= 15 is 0 Å². The third-order valence-corrected chi connectivity index (χ3v) is 4.41. The Labute approximate surface area is 123 Å². The normalized spacial score (nSPS) is 27.1. The molecule has 1 aromatic carbocycles. The molecule has 20 heavy (non-hydrogen) atoms. The first kappa shape index (κ1) is 15.3. The summed E-state index contributed by atoms with van der Waals surface area (Å²) >= 11 is 0. The molecule has 0 aromatic heterocycles. The molecular weight excluding hydrogens is 248 g/mol. The maximum absolute atomic E-state index is 9.17. The third-order valence-electron chi connectivity index (χ3n) is 4.41. The van der Waals surface area contributed by atoms with Crippen LogP contribution in [0.25, 0.3) is 0 Å². The van der Waals surface area contributed by atoms with Crippen LogP contribution >= 0.6 is 0 Å². The van der Waals surface area contributed by atoms with Gasteiger partial charge >= 0.3 is 0 Å². The van der Waals surface area contributed by atoms with Crippen molar-refractivity contribution in [1.82, 2.24) is 4.90 Å². The lowest BCUT2D eigenvalue weighted by Crippen LogP contribution is -2.39. The molecule has 2 atom stereocenters. The molecule has 0 aliphatic carbocycles. The summed E-state index contributed by atoms with van der Waals surface area (Å²) in [5, 5.41) is 9.17. The van der Waals surface area contributed by atoms with Crippen molar-refractivity contribution < 1.29 is 5.11 Å². The Morgan fingerprint density at radius 3 is 2.25 bits per heavy atom. The van der Waals surface area contributed by atoms with Gasteiger partial charge in [0.25, 0.3) is 0 Å². The van der Waals surface area contributed by atoms with Crippen molar-refractivity contribution >= 4 is 5.69 Å². The van der Waals surface area contributed by atoms with Crippen LogP contribution in [0.2, 0.25) is 0 Å². The molecule has 0 amide bonds. The zero-order valence-electron chi connectivity index (χ0n) is 12.8. The van der Waals surface area contributed by atoms with Gasteiger partial charge in [-0.05, 0) is 51.8 Å². The first-order valence-electron chi connectivity index (χ1n) is 7.85. The number of piperidine rings is 1. The van der Waals surface area contributed by atoms with E-state index in [9.17, 15) is 5.11 Å². The van der Waals surface area contributed by atoms with E-state index in [1.54, 1.807) is 0 Å². The van der Waals surface area contributed by atoms with Gasteiger partial charge in [-0.2, -0.15) is 0 Å². The molecule has 1 N–H and O–H groups in total. The van der Waals surface area contributed by atoms with Gasteiger partial charge in [-0.3, -0.25) is 0 Å². The zero-order valence-corrected chi connectivity index (χ0v) is 12.8. The van der Waals surface area contributed by atoms with Crippen LogP contribution in [0.15, 0.2) is 30.3 Å². The fourth-order valence-corrected chi connectivity index (χ4v) is 2.88. The van der Waals surface area contributed by atoms with Crippen LogP contribution < -0.4 is 4.90 Å². The molecule has 2 aliphatic heterocycles. The van der Waals surface area contributed by atoms with Crippen LogP contribution in [0.4, 0.5) is 5.69 Å². The van der Waals surface area contributed by atoms with Gasteiger partial charge in [-0.15, -0.1) is 0 Å². The zero-order chi connectivity index (χ0) is 14.4. The summed E-state index contributed by atoms with van der Waals surface area (Å²) in [6.45, 7) is 5.68. The molecule has 1 aromatic rings. The number of rotatable bonds is 1. The lowest BCUT2D eigenvalue weighted by molar-refractivity contribution is 0.0624. The number of para-hydroxylation sites is 1. The van der Waals surface area contributed by atoms with Gasteiger partial charge < -0.3 is 14.9 Å². The fraction of sp³-hybridized carbons (Fsp3) is 0.647. The quantitative estimate of drug-likeness (QED) is 0.854. The number of hydrogen-bond donors (Lipinski definition) is 1. The second-order valence-corrected chi connectivity index (χ2v) is 6.04. The van der Waals surface area contributed by atoms with E-state index in [0.717, 1.165) is 19.4 Å². The van der Waals surface area contributed by atoms with Crippen molar-refractivity contribution in [1.29, 1.82) is 0 Å². The molecule has 2 aliphatic rings. The molecule has 2 fully saturated rings. The molecule has 0 radical (unpaired) electrons. The number of nitrogens with zero attached hydrogens (tertiary/aromatic N) is 2. The Bertz CT molecular complexity index is 376. The van der Waals surface area contributed by atoms with Crippen molar-refractivity contribution in [2.75, 3.05) is 31.6 Å². The predicted octanol–water partition coefficient (Wildman–Crippen LogP) is 2.75. The Morgan fingerprint density at radius 2 is 1.70 bits per heavy atom. The van der Waals surface area contributed by atoms with Crippen molar-refractivity contribution in [2.24, 2.45) is 0 Å². The van der Waals surface area contributed by atoms with E-state index in [1.165, 1.54) is 31.6 Å². The molecule has 2 heterocycles. The van der Waals surface area contributed by atoms with E-state index < -0.39 is 0 Å². The standard InChI is InChI=1S/C10H13N.C7H15NO/c1-2-6-10(7-3-1)11-8-4-5-9-11;1-6-5-7(9)3-4-8(6)2/h1-3,6-7H,4-5,8-9H2;6-7,9H,3-5H2,1-2H3. The Balaban J connectivity index is 0.000000151. The number of hydrogen-bond acceptors (Lipinski definition) is 3. The van der Waals surface area contributed by atoms with Crippen molar-refractivity contribution in [3.63, 3.8) is 0 Å². The summed E-state index contributed by atoms with van der Waals surface area (Å²) in [5.74, 6) is 0. The average Bonchev–Trinajstić information content (AvgIpc) is 2.99. The molecular formula is C17H28N2O. The van der Waals surface area contributed by atoms with Gasteiger partial charge in [0.1, 0.15) is 0 Å². The lowest BCUT2D eigenvalue weighted by Gasteiger charge is -2.32. The predicted molar refractivity (Wildman–Crippen MR) is 85.2 cm³/mol. The van der Waals surface area contributed by atoms with E-state index in [4.69, 9.17) is 0 Å². The smallest absolute Gasteiger partial charge is 0.0567 e. The number of likely N-dealkylation sites (tertiary alicyclic amines) is 1. The molecule has 0 spiro atoms. The van der Waals surface area contributed by atoms with Gasteiger partial charge in [0, 0.05) is 31.4 Å². The number of aliphatic hydroxyl groups excluding tert-OH is 1. The maximum atomic E-state index is 9.17. The van der Waals surface area contributed by atoms with Crippen molar-refractivity contribution in [3.8, 4) is 0 Å². The Hall–Kier alpha value is -1.06. The second-order valence-electron chi connectivity index (χ2n) is 6.04. The third kappa shape index (κ3) is 4.50. The van der Waals surface area contributed by atoms with Gasteiger partial charge in [-0.1, -0.05) is 18.2 Å². The SMILES string of the molecule is CC1CC(O)CCN1C.c1ccc(N2CCCC2)cc1. The first-order chi connectivity index (χ1) is 9.66. The molecule has 3 heteroatoms. The van der Waals surface area contributed by atoms with E-state index in [2.05, 4.69) is 54.1 Å². The van der Waals surface area contributed by atoms with Crippen LogP contribution in [-0.4, -0.2) is 48.8 Å². The van der Waals surface area contributed by atoms with Crippen LogP contribution in [0.3, 0.4) is 0 Å². The average molecular weight is 276 g/mol. The monoisotopic (exact) mass is 276 g/mol. The van der Waals surface area contributed by atoms with E-state index in [1.807, 2.05) is 0 Å². The van der Waals surface area contributed by atoms with E-state index in [-0.39, 0.29) is 6.10 Å². The summed E-state index contributed by atoms with van der Waals surface area (Å²) in [5.41, 5.74) is 1.38. The summed E-state index contributed by atoms with van der Waals surface area (Å²) in [4.78, 5) is 4.73. The summed E-state index contributed by atoms with van der Waals surface area (Å²) in [7, 11) is 2.11. The molecule has 2 saturated heterocycles. The highest BCUT2D eigenvalue weighted by Crippen LogP contribution is 2.18. The van der Waals surface area contributed by atoms with Crippen LogP contribution in [0.1, 0.15) is 32.6 Å². The summed E-state index contributed by atoms with van der Waals surface area (Å²) in [6.07, 6.45) is 4.55. The maximum Gasteiger partial charge on any atom is 0.0567 e. The minimum atomic E-state index is -0.0452. The van der Waals surface area contributed by atoms with Crippen molar-refractivity contribution in [2.45, 2.75) is 44.8 Å². The second kappa shape index (κ2) is 7.65. The highest BCUT2D eigenvalue weighted by atomic mass is 16.3. The van der Waals surface area contributed by atoms with Gasteiger partial charge in [0.05, 0.1) is 6.10 Å². The lowest BCUT2D eigenvalue weighted by atomic mass is 10.0. The highest BCUT2D eigenvalue weighted by molar-refractivity contribution is 5.46. The highest BCUT2D eigenvalue weighted by Gasteiger charge is 2.20. The molecule has 2 unspecified atom stereocenters. The number of aliphatic hydroxyl groups is 1. The van der Waals surface area contributed by atoms with Gasteiger partial charge in [-0.25, -0.2) is 0 Å². The molecule has 0 saturated carbocycles. The van der Waals surface area contributed by atoms with Crippen molar-refractivity contribution in [3.05, 3.63) is 30.3 Å². The molecule has 3 rings (SSSR count). The molecule has 0 bridgehead atoms.